The Morgan fingerprint density at radius 1 is 1.23 bits per heavy atom. The van der Waals surface area contributed by atoms with Gasteiger partial charge in [-0.05, 0) is 49.9 Å². The third kappa shape index (κ3) is 4.47. The number of esters is 1. The monoisotopic (exact) mass is 323 g/mol. The summed E-state index contributed by atoms with van der Waals surface area (Å²) in [4.78, 5) is 24.2. The molecule has 0 bridgehead atoms. The smallest absolute Gasteiger partial charge is 0.338 e. The Kier molecular flexibility index (Phi) is 5.83. The molecule has 5 heteroatoms. The van der Waals surface area contributed by atoms with Crippen LogP contribution in [-0.2, 0) is 9.53 Å². The lowest BCUT2D eigenvalue weighted by Gasteiger charge is -2.30. The Labute approximate surface area is 136 Å². The molecule has 0 aliphatic heterocycles. The zero-order valence-corrected chi connectivity index (χ0v) is 13.7. The predicted molar refractivity (Wildman–Crippen MR) is 85.9 cm³/mol. The maximum Gasteiger partial charge on any atom is 0.338 e. The van der Waals surface area contributed by atoms with Gasteiger partial charge in [-0.2, -0.15) is 0 Å². The van der Waals surface area contributed by atoms with Crippen molar-refractivity contribution < 1.29 is 14.3 Å². The second-order valence-corrected chi connectivity index (χ2v) is 6.37. The molecule has 1 aromatic carbocycles. The third-order valence-electron chi connectivity index (χ3n) is 4.17. The molecule has 1 fully saturated rings. The van der Waals surface area contributed by atoms with E-state index in [4.69, 9.17) is 16.3 Å². The molecule has 2 rings (SSSR count). The largest absolute Gasteiger partial charge is 0.449 e. The van der Waals surface area contributed by atoms with Crippen molar-refractivity contribution in [2.24, 2.45) is 5.92 Å². The van der Waals surface area contributed by atoms with Crippen LogP contribution in [0.2, 0.25) is 5.02 Å². The number of halogens is 1. The summed E-state index contributed by atoms with van der Waals surface area (Å²) in [6.45, 7) is 3.74. The average molecular weight is 324 g/mol. The van der Waals surface area contributed by atoms with Crippen molar-refractivity contribution >= 4 is 23.5 Å². The second-order valence-electron chi connectivity index (χ2n) is 5.93. The maximum atomic E-state index is 12.2. The zero-order valence-electron chi connectivity index (χ0n) is 13.0. The summed E-state index contributed by atoms with van der Waals surface area (Å²) in [5, 5.41) is 3.55. The molecule has 0 spiro atoms. The quantitative estimate of drug-likeness (QED) is 0.862. The normalized spacial score (nSPS) is 22.7. The van der Waals surface area contributed by atoms with Crippen LogP contribution in [0.1, 0.15) is 49.9 Å². The van der Waals surface area contributed by atoms with Crippen LogP contribution in [0.15, 0.2) is 24.3 Å². The average Bonchev–Trinajstić information content (AvgIpc) is 2.50. The van der Waals surface area contributed by atoms with Crippen molar-refractivity contribution in [3.63, 3.8) is 0 Å². The number of rotatable bonds is 4. The van der Waals surface area contributed by atoms with Crippen molar-refractivity contribution in [1.29, 1.82) is 0 Å². The van der Waals surface area contributed by atoms with Crippen LogP contribution in [0, 0.1) is 5.92 Å². The van der Waals surface area contributed by atoms with Crippen LogP contribution in [0.25, 0.3) is 0 Å². The highest BCUT2D eigenvalue weighted by molar-refractivity contribution is 6.30. The van der Waals surface area contributed by atoms with E-state index in [-0.39, 0.29) is 11.9 Å². The fourth-order valence-corrected chi connectivity index (χ4v) is 2.82. The van der Waals surface area contributed by atoms with Gasteiger partial charge in [0.1, 0.15) is 0 Å². The number of amides is 1. The lowest BCUT2D eigenvalue weighted by atomic mass is 9.86. The van der Waals surface area contributed by atoms with Crippen molar-refractivity contribution in [3.05, 3.63) is 34.9 Å². The van der Waals surface area contributed by atoms with Gasteiger partial charge in [0.15, 0.2) is 6.10 Å². The molecule has 0 heterocycles. The lowest BCUT2D eigenvalue weighted by molar-refractivity contribution is -0.130. The van der Waals surface area contributed by atoms with Crippen molar-refractivity contribution in [3.8, 4) is 0 Å². The number of benzene rings is 1. The van der Waals surface area contributed by atoms with Gasteiger partial charge in [0.05, 0.1) is 5.56 Å². The number of carbonyl (C=O) groups excluding carboxylic acids is 2. The van der Waals surface area contributed by atoms with Crippen LogP contribution in [0.5, 0.6) is 0 Å². The summed E-state index contributed by atoms with van der Waals surface area (Å²) < 4.78 is 5.22. The Morgan fingerprint density at radius 3 is 2.50 bits per heavy atom. The molecule has 1 amide bonds. The summed E-state index contributed by atoms with van der Waals surface area (Å²) >= 11 is 5.78. The van der Waals surface area contributed by atoms with Crippen LogP contribution in [0.3, 0.4) is 0 Å². The standard InChI is InChI=1S/C17H22ClNO3/c1-11-5-3-4-6-15(11)19-16(20)12(2)22-17(21)13-7-9-14(18)10-8-13/h7-12,15H,3-6H2,1-2H3,(H,19,20)/t11-,12-,15-/m1/s1. The minimum atomic E-state index is -0.808. The SMILES string of the molecule is C[C@@H]1CCCC[C@H]1NC(=O)[C@@H](C)OC(=O)c1ccc(Cl)cc1. The van der Waals surface area contributed by atoms with E-state index in [9.17, 15) is 9.59 Å². The van der Waals surface area contributed by atoms with Gasteiger partial charge in [-0.25, -0.2) is 4.79 Å². The van der Waals surface area contributed by atoms with Gasteiger partial charge in [-0.15, -0.1) is 0 Å². The number of hydrogen-bond acceptors (Lipinski definition) is 3. The van der Waals surface area contributed by atoms with Crippen molar-refractivity contribution in [1.82, 2.24) is 5.32 Å². The van der Waals surface area contributed by atoms with Gasteiger partial charge in [0.25, 0.3) is 5.91 Å². The van der Waals surface area contributed by atoms with E-state index in [2.05, 4.69) is 12.2 Å². The van der Waals surface area contributed by atoms with E-state index in [0.717, 1.165) is 19.3 Å². The van der Waals surface area contributed by atoms with E-state index in [1.807, 2.05) is 0 Å². The molecule has 0 saturated heterocycles. The Bertz CT molecular complexity index is 529. The number of carbonyl (C=O) groups is 2. The van der Waals surface area contributed by atoms with Crippen LogP contribution >= 0.6 is 11.6 Å². The molecule has 0 aromatic heterocycles. The van der Waals surface area contributed by atoms with E-state index in [0.29, 0.717) is 16.5 Å². The highest BCUT2D eigenvalue weighted by Gasteiger charge is 2.26. The van der Waals surface area contributed by atoms with Gasteiger partial charge < -0.3 is 10.1 Å². The molecule has 3 atom stereocenters. The number of nitrogens with one attached hydrogen (secondary N) is 1. The third-order valence-corrected chi connectivity index (χ3v) is 4.42. The van der Waals surface area contributed by atoms with E-state index in [1.165, 1.54) is 6.42 Å². The molecular formula is C17H22ClNO3. The van der Waals surface area contributed by atoms with Crippen molar-refractivity contribution in [2.75, 3.05) is 0 Å². The van der Waals surface area contributed by atoms with Crippen LogP contribution < -0.4 is 5.32 Å². The van der Waals surface area contributed by atoms with E-state index < -0.39 is 12.1 Å². The summed E-state index contributed by atoms with van der Waals surface area (Å²) in [5.41, 5.74) is 0.384. The second kappa shape index (κ2) is 7.63. The lowest BCUT2D eigenvalue weighted by Crippen LogP contribution is -2.45. The molecule has 22 heavy (non-hydrogen) atoms. The first-order chi connectivity index (χ1) is 10.5. The minimum absolute atomic E-state index is 0.179. The van der Waals surface area contributed by atoms with Gasteiger partial charge in [-0.1, -0.05) is 31.4 Å². The first-order valence-corrected chi connectivity index (χ1v) is 8.12. The summed E-state index contributed by atoms with van der Waals surface area (Å²) in [7, 11) is 0. The zero-order chi connectivity index (χ0) is 16.1. The molecule has 4 nitrogen and oxygen atoms in total. The molecule has 1 aliphatic carbocycles. The van der Waals surface area contributed by atoms with Crippen LogP contribution in [0.4, 0.5) is 0 Å². The molecule has 1 N–H and O–H groups in total. The molecule has 1 aliphatic rings. The highest BCUT2D eigenvalue weighted by atomic mass is 35.5. The fourth-order valence-electron chi connectivity index (χ4n) is 2.70. The number of ether oxygens (including phenoxy) is 1. The molecular weight excluding hydrogens is 302 g/mol. The summed E-state index contributed by atoms with van der Waals surface area (Å²) in [5.74, 6) is -0.283. The van der Waals surface area contributed by atoms with Gasteiger partial charge in [-0.3, -0.25) is 4.79 Å². The topological polar surface area (TPSA) is 55.4 Å². The first kappa shape index (κ1) is 16.8. The van der Waals surface area contributed by atoms with Crippen molar-refractivity contribution in [2.45, 2.75) is 51.7 Å². The summed E-state index contributed by atoms with van der Waals surface area (Å²) in [6, 6.07) is 6.58. The van der Waals surface area contributed by atoms with Gasteiger partial charge in [0, 0.05) is 11.1 Å². The summed E-state index contributed by atoms with van der Waals surface area (Å²) in [6.07, 6.45) is 3.66. The Morgan fingerprint density at radius 2 is 1.86 bits per heavy atom. The van der Waals surface area contributed by atoms with Gasteiger partial charge in [0.2, 0.25) is 0 Å². The molecule has 1 saturated carbocycles. The molecule has 0 radical (unpaired) electrons. The van der Waals surface area contributed by atoms with E-state index in [1.54, 1.807) is 31.2 Å². The molecule has 0 unspecified atom stereocenters. The van der Waals surface area contributed by atoms with Gasteiger partial charge >= 0.3 is 5.97 Å². The maximum absolute atomic E-state index is 12.2. The Balaban J connectivity index is 1.87. The predicted octanol–water partition coefficient (Wildman–Crippen LogP) is 3.58. The van der Waals surface area contributed by atoms with E-state index >= 15 is 0 Å². The number of hydrogen-bond donors (Lipinski definition) is 1. The van der Waals surface area contributed by atoms with Crippen LogP contribution in [-0.4, -0.2) is 24.0 Å². The highest BCUT2D eigenvalue weighted by Crippen LogP contribution is 2.23. The molecule has 120 valence electrons. The fraction of sp³-hybridized carbons (Fsp3) is 0.529. The Hall–Kier alpha value is -1.55. The first-order valence-electron chi connectivity index (χ1n) is 7.74. The molecule has 1 aromatic rings. The minimum Gasteiger partial charge on any atom is -0.449 e.